The molecule has 1 saturated carbocycles. The molecule has 2 aliphatic rings. The van der Waals surface area contributed by atoms with Gasteiger partial charge in [-0.25, -0.2) is 4.79 Å². The molecule has 20 heavy (non-hydrogen) atoms. The fourth-order valence-electron chi connectivity index (χ4n) is 2.70. The predicted molar refractivity (Wildman–Crippen MR) is 79.8 cm³/mol. The van der Waals surface area contributed by atoms with Crippen LogP contribution in [0.3, 0.4) is 0 Å². The molecule has 1 aliphatic heterocycles. The molecule has 0 aromatic carbocycles. The van der Waals surface area contributed by atoms with Crippen LogP contribution < -0.4 is 16.1 Å². The lowest BCUT2D eigenvalue weighted by Crippen LogP contribution is -2.53. The van der Waals surface area contributed by atoms with Gasteiger partial charge in [-0.05, 0) is 50.2 Å². The van der Waals surface area contributed by atoms with E-state index in [-0.39, 0.29) is 5.91 Å². The van der Waals surface area contributed by atoms with Gasteiger partial charge in [0.05, 0.1) is 0 Å². The van der Waals surface area contributed by atoms with Gasteiger partial charge < -0.3 is 10.6 Å². The Kier molecular flexibility index (Phi) is 4.47. The maximum Gasteiger partial charge on any atom is 0.344 e. The van der Waals surface area contributed by atoms with Crippen molar-refractivity contribution in [3.8, 4) is 0 Å². The van der Waals surface area contributed by atoms with Crippen LogP contribution in [0.15, 0.2) is 0 Å². The number of thiocarbonyl (C=S) groups is 1. The Morgan fingerprint density at radius 3 is 2.70 bits per heavy atom. The van der Waals surface area contributed by atoms with Gasteiger partial charge in [0, 0.05) is 6.54 Å². The van der Waals surface area contributed by atoms with E-state index in [2.05, 4.69) is 23.0 Å². The normalized spacial score (nSPS) is 29.5. The molecule has 1 heterocycles. The molecule has 1 aliphatic carbocycles. The second kappa shape index (κ2) is 5.95. The van der Waals surface area contributed by atoms with Crippen LogP contribution in [-0.4, -0.2) is 34.1 Å². The molecule has 7 heteroatoms. The number of amides is 3. The number of nitrogens with one attached hydrogen (secondary N) is 3. The largest absolute Gasteiger partial charge is 0.361 e. The number of urea groups is 1. The summed E-state index contributed by atoms with van der Waals surface area (Å²) in [5, 5.41) is 7.10. The zero-order valence-corrected chi connectivity index (χ0v) is 12.8. The summed E-state index contributed by atoms with van der Waals surface area (Å²) in [6, 6.07) is -0.412. The highest BCUT2D eigenvalue weighted by Crippen LogP contribution is 2.35. The number of carbonyl (C=O) groups excluding carboxylic acids is 2. The first kappa shape index (κ1) is 15.0. The quantitative estimate of drug-likeness (QED) is 0.541. The number of nitrogens with zero attached hydrogens (tertiary/aromatic N) is 1. The topological polar surface area (TPSA) is 73.5 Å². The molecule has 0 aromatic rings. The zero-order chi connectivity index (χ0) is 14.8. The summed E-state index contributed by atoms with van der Waals surface area (Å²) < 4.78 is 0. The van der Waals surface area contributed by atoms with Crippen LogP contribution in [0.1, 0.15) is 46.0 Å². The molecule has 0 bridgehead atoms. The SMILES string of the molecule is CCCNC(=S)NN1C(=O)NC2(CCC(C)CC2)C1=O. The minimum absolute atomic E-state index is 0.213. The van der Waals surface area contributed by atoms with Crippen LogP contribution in [-0.2, 0) is 4.79 Å². The standard InChI is InChI=1S/C13H22N4O2S/c1-3-8-14-11(20)16-17-10(18)13(15-12(17)19)6-4-9(2)5-7-13/h9H,3-8H2,1-2H3,(H,15,19)(H2,14,16,20). The summed E-state index contributed by atoms with van der Waals surface area (Å²) in [5.74, 6) is 0.398. The van der Waals surface area contributed by atoms with E-state index in [1.165, 1.54) is 0 Å². The lowest BCUT2D eigenvalue weighted by Gasteiger charge is -2.33. The van der Waals surface area contributed by atoms with E-state index in [1.54, 1.807) is 0 Å². The van der Waals surface area contributed by atoms with E-state index >= 15 is 0 Å². The number of hydrogen-bond donors (Lipinski definition) is 3. The van der Waals surface area contributed by atoms with E-state index < -0.39 is 11.6 Å². The minimum atomic E-state index is -0.725. The second-order valence-electron chi connectivity index (χ2n) is 5.70. The van der Waals surface area contributed by atoms with Gasteiger partial charge in [-0.3, -0.25) is 10.2 Å². The second-order valence-corrected chi connectivity index (χ2v) is 6.11. The number of hydrogen-bond acceptors (Lipinski definition) is 3. The summed E-state index contributed by atoms with van der Waals surface area (Å²) in [7, 11) is 0. The first-order valence-corrected chi connectivity index (χ1v) is 7.60. The van der Waals surface area contributed by atoms with Crippen molar-refractivity contribution in [2.24, 2.45) is 5.92 Å². The van der Waals surface area contributed by atoms with E-state index in [0.717, 1.165) is 24.3 Å². The van der Waals surface area contributed by atoms with Gasteiger partial charge in [0.1, 0.15) is 5.54 Å². The Hall–Kier alpha value is -1.37. The highest BCUT2D eigenvalue weighted by molar-refractivity contribution is 7.80. The maximum absolute atomic E-state index is 12.5. The maximum atomic E-state index is 12.5. The number of rotatable bonds is 3. The molecule has 112 valence electrons. The van der Waals surface area contributed by atoms with E-state index in [0.29, 0.717) is 30.4 Å². The van der Waals surface area contributed by atoms with Gasteiger partial charge in [-0.1, -0.05) is 13.8 Å². The number of hydrazine groups is 1. The molecule has 2 fully saturated rings. The first-order valence-electron chi connectivity index (χ1n) is 7.19. The summed E-state index contributed by atoms with van der Waals surface area (Å²) in [5.41, 5.74) is 1.96. The van der Waals surface area contributed by atoms with Crippen molar-refractivity contribution < 1.29 is 9.59 Å². The summed E-state index contributed by atoms with van der Waals surface area (Å²) in [6.07, 6.45) is 4.23. The third kappa shape index (κ3) is 2.87. The molecular weight excluding hydrogens is 276 g/mol. The van der Waals surface area contributed by atoms with E-state index in [1.807, 2.05) is 6.92 Å². The molecule has 0 atom stereocenters. The van der Waals surface area contributed by atoms with E-state index in [4.69, 9.17) is 12.2 Å². The van der Waals surface area contributed by atoms with Crippen LogP contribution in [0, 0.1) is 5.92 Å². The van der Waals surface area contributed by atoms with Gasteiger partial charge in [0.2, 0.25) is 0 Å². The number of imide groups is 1. The van der Waals surface area contributed by atoms with Gasteiger partial charge >= 0.3 is 6.03 Å². The zero-order valence-electron chi connectivity index (χ0n) is 12.0. The van der Waals surface area contributed by atoms with Crippen LogP contribution in [0.25, 0.3) is 0 Å². The van der Waals surface area contributed by atoms with Gasteiger partial charge in [0.25, 0.3) is 5.91 Å². The fraction of sp³-hybridized carbons (Fsp3) is 0.769. The van der Waals surface area contributed by atoms with Crippen LogP contribution >= 0.6 is 12.2 Å². The molecule has 2 rings (SSSR count). The Morgan fingerprint density at radius 2 is 2.10 bits per heavy atom. The van der Waals surface area contributed by atoms with E-state index in [9.17, 15) is 9.59 Å². The highest BCUT2D eigenvalue weighted by Gasteiger charge is 2.52. The van der Waals surface area contributed by atoms with Crippen LogP contribution in [0.5, 0.6) is 0 Å². The Labute approximate surface area is 124 Å². The van der Waals surface area contributed by atoms with Gasteiger partial charge in [0.15, 0.2) is 5.11 Å². The Bertz CT molecular complexity index is 419. The van der Waals surface area contributed by atoms with Gasteiger partial charge in [-0.15, -0.1) is 0 Å². The summed E-state index contributed by atoms with van der Waals surface area (Å²) >= 11 is 5.07. The van der Waals surface area contributed by atoms with Crippen LogP contribution in [0.4, 0.5) is 4.79 Å². The van der Waals surface area contributed by atoms with Crippen molar-refractivity contribution in [2.45, 2.75) is 51.5 Å². The van der Waals surface area contributed by atoms with Crippen LogP contribution in [0.2, 0.25) is 0 Å². The third-order valence-electron chi connectivity index (χ3n) is 4.04. The predicted octanol–water partition coefficient (Wildman–Crippen LogP) is 1.28. The van der Waals surface area contributed by atoms with Crippen molar-refractivity contribution in [3.63, 3.8) is 0 Å². The first-order chi connectivity index (χ1) is 9.48. The van der Waals surface area contributed by atoms with Crippen molar-refractivity contribution in [3.05, 3.63) is 0 Å². The average Bonchev–Trinajstić information content (AvgIpc) is 2.65. The Morgan fingerprint density at radius 1 is 1.45 bits per heavy atom. The summed E-state index contributed by atoms with van der Waals surface area (Å²) in [4.78, 5) is 24.5. The molecule has 1 saturated heterocycles. The molecular formula is C13H22N4O2S. The van der Waals surface area contributed by atoms with Crippen molar-refractivity contribution in [2.75, 3.05) is 6.54 Å². The molecule has 3 amide bonds. The van der Waals surface area contributed by atoms with Crippen molar-refractivity contribution in [1.82, 2.24) is 21.1 Å². The summed E-state index contributed by atoms with van der Waals surface area (Å²) in [6.45, 7) is 4.90. The molecule has 0 aromatic heterocycles. The molecule has 0 radical (unpaired) electrons. The smallest absolute Gasteiger partial charge is 0.344 e. The lowest BCUT2D eigenvalue weighted by molar-refractivity contribution is -0.133. The fourth-order valence-corrected chi connectivity index (χ4v) is 2.89. The Balaban J connectivity index is 2.00. The monoisotopic (exact) mass is 298 g/mol. The van der Waals surface area contributed by atoms with Crippen molar-refractivity contribution >= 4 is 29.3 Å². The van der Waals surface area contributed by atoms with Gasteiger partial charge in [-0.2, -0.15) is 5.01 Å². The third-order valence-corrected chi connectivity index (χ3v) is 4.27. The highest BCUT2D eigenvalue weighted by atomic mass is 32.1. The molecule has 1 spiro atoms. The number of carbonyl (C=O) groups is 2. The molecule has 3 N–H and O–H groups in total. The molecule has 6 nitrogen and oxygen atoms in total. The van der Waals surface area contributed by atoms with Crippen molar-refractivity contribution in [1.29, 1.82) is 0 Å². The average molecular weight is 298 g/mol. The lowest BCUT2D eigenvalue weighted by atomic mass is 9.77. The minimum Gasteiger partial charge on any atom is -0.361 e. The molecule has 0 unspecified atom stereocenters.